The van der Waals surface area contributed by atoms with Crippen LogP contribution in [0.25, 0.3) is 0 Å². The first-order valence-corrected chi connectivity index (χ1v) is 6.38. The molecule has 0 N–H and O–H groups in total. The summed E-state index contributed by atoms with van der Waals surface area (Å²) in [6.45, 7) is 11.9. The predicted molar refractivity (Wildman–Crippen MR) is 77.4 cm³/mol. The molecule has 0 spiro atoms. The highest BCUT2D eigenvalue weighted by Crippen LogP contribution is 2.43. The highest BCUT2D eigenvalue weighted by Gasteiger charge is 2.45. The van der Waals surface area contributed by atoms with E-state index < -0.39 is 0 Å². The molecule has 0 amide bonds. The molecule has 1 nitrogen and oxygen atoms in total. The van der Waals surface area contributed by atoms with E-state index in [9.17, 15) is 0 Å². The Morgan fingerprint density at radius 3 is 1.72 bits per heavy atom. The number of fused-ring (bicyclic) bond motifs is 1. The molecule has 1 saturated heterocycles. The van der Waals surface area contributed by atoms with Gasteiger partial charge >= 0.3 is 0 Å². The number of hydrogen-bond acceptors (Lipinski definition) is 1. The highest BCUT2D eigenvalue weighted by atomic mass is 16.6. The molecule has 1 fully saturated rings. The minimum Gasteiger partial charge on any atom is -0.359 e. The summed E-state index contributed by atoms with van der Waals surface area (Å²) in [6, 6.07) is 0. The maximum atomic E-state index is 5.84. The molecular formula is C17H20O. The van der Waals surface area contributed by atoms with E-state index in [2.05, 4.69) is 37.5 Å². The first kappa shape index (κ1) is 12.8. The highest BCUT2D eigenvalue weighted by molar-refractivity contribution is 5.52. The molecule has 1 aliphatic carbocycles. The second-order valence-corrected chi connectivity index (χ2v) is 4.52. The number of rotatable bonds is 4. The quantitative estimate of drug-likeness (QED) is 0.668. The summed E-state index contributed by atoms with van der Waals surface area (Å²) in [5.41, 5.74) is 5.01. The molecule has 0 aromatic heterocycles. The molecule has 94 valence electrons. The Kier molecular flexibility index (Phi) is 3.83. The first-order chi connectivity index (χ1) is 8.76. The second kappa shape index (κ2) is 5.36. The lowest BCUT2D eigenvalue weighted by atomic mass is 9.99. The summed E-state index contributed by atoms with van der Waals surface area (Å²) in [5, 5.41) is 0. The Labute approximate surface area is 110 Å². The van der Waals surface area contributed by atoms with E-state index >= 15 is 0 Å². The van der Waals surface area contributed by atoms with Crippen LogP contribution < -0.4 is 0 Å². The number of ether oxygens (including phenoxy) is 1. The monoisotopic (exact) mass is 240 g/mol. The summed E-state index contributed by atoms with van der Waals surface area (Å²) in [6.07, 6.45) is 13.6. The van der Waals surface area contributed by atoms with Crippen LogP contribution in [0.1, 0.15) is 20.3 Å². The Morgan fingerprint density at radius 2 is 1.39 bits per heavy atom. The van der Waals surface area contributed by atoms with Gasteiger partial charge in [-0.1, -0.05) is 49.6 Å². The van der Waals surface area contributed by atoms with Crippen molar-refractivity contribution in [2.24, 2.45) is 0 Å². The third-order valence-corrected chi connectivity index (χ3v) is 3.41. The van der Waals surface area contributed by atoms with E-state index in [-0.39, 0.29) is 12.2 Å². The number of epoxide rings is 1. The van der Waals surface area contributed by atoms with Gasteiger partial charge in [0.25, 0.3) is 0 Å². The van der Waals surface area contributed by atoms with Crippen molar-refractivity contribution in [3.8, 4) is 0 Å². The van der Waals surface area contributed by atoms with Crippen LogP contribution in [-0.4, -0.2) is 12.2 Å². The van der Waals surface area contributed by atoms with Crippen LogP contribution in [0.2, 0.25) is 0 Å². The topological polar surface area (TPSA) is 12.5 Å². The predicted octanol–water partition coefficient (Wildman–Crippen LogP) is 4.27. The van der Waals surface area contributed by atoms with Crippen molar-refractivity contribution in [3.63, 3.8) is 0 Å². The van der Waals surface area contributed by atoms with Crippen LogP contribution in [0.3, 0.4) is 0 Å². The lowest BCUT2D eigenvalue weighted by Crippen LogP contribution is -1.98. The molecule has 18 heavy (non-hydrogen) atoms. The first-order valence-electron chi connectivity index (χ1n) is 6.38. The van der Waals surface area contributed by atoms with Crippen molar-refractivity contribution < 1.29 is 4.74 Å². The fourth-order valence-corrected chi connectivity index (χ4v) is 2.50. The van der Waals surface area contributed by atoms with E-state index in [0.717, 1.165) is 6.42 Å². The van der Waals surface area contributed by atoms with Gasteiger partial charge in [0.2, 0.25) is 0 Å². The molecule has 2 atom stereocenters. The molecule has 2 aliphatic rings. The van der Waals surface area contributed by atoms with Gasteiger partial charge in [0.05, 0.1) is 0 Å². The molecule has 0 radical (unpaired) electrons. The van der Waals surface area contributed by atoms with Crippen LogP contribution in [0.5, 0.6) is 0 Å². The third kappa shape index (κ3) is 2.19. The Balaban J connectivity index is 2.47. The van der Waals surface area contributed by atoms with Gasteiger partial charge in [0, 0.05) is 0 Å². The van der Waals surface area contributed by atoms with Gasteiger partial charge in [0.1, 0.15) is 12.2 Å². The molecular weight excluding hydrogens is 220 g/mol. The lowest BCUT2D eigenvalue weighted by Gasteiger charge is -2.08. The Bertz CT molecular complexity index is 442. The van der Waals surface area contributed by atoms with E-state index in [0.29, 0.717) is 0 Å². The summed E-state index contributed by atoms with van der Waals surface area (Å²) >= 11 is 0. The normalized spacial score (nSPS) is 27.7. The largest absolute Gasteiger partial charge is 0.359 e. The summed E-state index contributed by atoms with van der Waals surface area (Å²) < 4.78 is 5.84. The average Bonchev–Trinajstić information content (AvgIpc) is 3.16. The van der Waals surface area contributed by atoms with E-state index in [1.165, 1.54) is 22.3 Å². The summed E-state index contributed by atoms with van der Waals surface area (Å²) in [7, 11) is 0. The zero-order valence-corrected chi connectivity index (χ0v) is 11.1. The Hall–Kier alpha value is -1.60. The smallest absolute Gasteiger partial charge is 0.114 e. The molecule has 2 rings (SSSR count). The maximum absolute atomic E-state index is 5.84. The molecule has 1 heterocycles. The van der Waals surface area contributed by atoms with Crippen LogP contribution in [0.15, 0.2) is 71.9 Å². The fraction of sp³-hybridized carbons (Fsp3) is 0.294. The van der Waals surface area contributed by atoms with Crippen molar-refractivity contribution in [2.75, 3.05) is 0 Å². The molecule has 1 aliphatic heterocycles. The summed E-state index contributed by atoms with van der Waals surface area (Å²) in [5.74, 6) is 0. The second-order valence-electron chi connectivity index (χ2n) is 4.52. The molecule has 0 saturated carbocycles. The van der Waals surface area contributed by atoms with Crippen molar-refractivity contribution in [1.82, 2.24) is 0 Å². The molecule has 0 aromatic carbocycles. The summed E-state index contributed by atoms with van der Waals surface area (Å²) in [4.78, 5) is 0. The van der Waals surface area contributed by atoms with Gasteiger partial charge in [-0.3, -0.25) is 0 Å². The maximum Gasteiger partial charge on any atom is 0.114 e. The van der Waals surface area contributed by atoms with Gasteiger partial charge in [-0.2, -0.15) is 0 Å². The van der Waals surface area contributed by atoms with Crippen LogP contribution in [-0.2, 0) is 4.74 Å². The van der Waals surface area contributed by atoms with Gasteiger partial charge < -0.3 is 4.74 Å². The van der Waals surface area contributed by atoms with Gasteiger partial charge in [-0.25, -0.2) is 0 Å². The van der Waals surface area contributed by atoms with Gasteiger partial charge in [-0.15, -0.1) is 0 Å². The van der Waals surface area contributed by atoms with Gasteiger partial charge in [-0.05, 0) is 42.6 Å². The molecule has 0 aromatic rings. The fourth-order valence-electron chi connectivity index (χ4n) is 2.50. The van der Waals surface area contributed by atoms with E-state index in [1.807, 2.05) is 26.0 Å². The lowest BCUT2D eigenvalue weighted by molar-refractivity contribution is 0.402. The van der Waals surface area contributed by atoms with Crippen molar-refractivity contribution in [1.29, 1.82) is 0 Å². The number of hydrogen-bond donors (Lipinski definition) is 0. The van der Waals surface area contributed by atoms with Crippen LogP contribution >= 0.6 is 0 Å². The van der Waals surface area contributed by atoms with Crippen LogP contribution in [0, 0.1) is 0 Å². The van der Waals surface area contributed by atoms with Crippen molar-refractivity contribution >= 4 is 0 Å². The SMILES string of the molecule is C=CC1=C(/C=C\C)C2OC2C(/C=C\C)=C(C=C)C1. The van der Waals surface area contributed by atoms with Crippen LogP contribution in [0.4, 0.5) is 0 Å². The molecule has 1 heteroatoms. The zero-order chi connectivity index (χ0) is 13.1. The van der Waals surface area contributed by atoms with Crippen molar-refractivity contribution in [3.05, 3.63) is 71.9 Å². The standard InChI is InChI=1S/C17H20O/c1-5-9-14-12(7-3)11-13(8-4)15(10-6-2)17-16(14)18-17/h5-10,16-17H,3-4,11H2,1-2H3/b9-5-,10-6-. The molecule has 2 unspecified atom stereocenters. The average molecular weight is 240 g/mol. The minimum absolute atomic E-state index is 0.192. The zero-order valence-electron chi connectivity index (χ0n) is 11.1. The van der Waals surface area contributed by atoms with E-state index in [1.54, 1.807) is 0 Å². The van der Waals surface area contributed by atoms with E-state index in [4.69, 9.17) is 4.74 Å². The third-order valence-electron chi connectivity index (χ3n) is 3.41. The number of allylic oxidation sites excluding steroid dienone is 6. The molecule has 0 bridgehead atoms. The Morgan fingerprint density at radius 1 is 0.944 bits per heavy atom. The minimum atomic E-state index is 0.192. The van der Waals surface area contributed by atoms with Gasteiger partial charge in [0.15, 0.2) is 0 Å². The van der Waals surface area contributed by atoms with Crippen molar-refractivity contribution in [2.45, 2.75) is 32.5 Å².